The Bertz CT molecular complexity index is 1220. The number of hydrogen-bond acceptors (Lipinski definition) is 7. The summed E-state index contributed by atoms with van der Waals surface area (Å²) in [6.45, 7) is 4.51. The molecule has 0 unspecified atom stereocenters. The Kier molecular flexibility index (Phi) is 7.70. The average Bonchev–Trinajstić information content (AvgIpc) is 2.76. The molecule has 3 N–H and O–H groups in total. The molecule has 0 spiro atoms. The number of nitrogens with two attached hydrogens (primary N) is 1. The summed E-state index contributed by atoms with van der Waals surface area (Å²) in [5.74, 6) is -0.163. The number of hydrogen-bond donors (Lipinski definition) is 2. The fraction of sp³-hybridized carbons (Fsp3) is 0.364. The number of H-pyrrole nitrogens is 1. The molecule has 9 nitrogen and oxygen atoms in total. The molecule has 0 saturated heterocycles. The first-order valence-electron chi connectivity index (χ1n) is 10.2. The lowest BCUT2D eigenvalue weighted by Crippen LogP contribution is -2.43. The first-order chi connectivity index (χ1) is 15.3. The quantitative estimate of drug-likeness (QED) is 0.472. The number of benzene rings is 1. The van der Waals surface area contributed by atoms with E-state index in [9.17, 15) is 14.4 Å². The monoisotopic (exact) mass is 457 g/mol. The van der Waals surface area contributed by atoms with Crippen molar-refractivity contribution in [3.8, 4) is 0 Å². The molecule has 170 valence electrons. The summed E-state index contributed by atoms with van der Waals surface area (Å²) in [6, 6.07) is 9.53. The van der Waals surface area contributed by atoms with E-state index in [-0.39, 0.29) is 42.2 Å². The van der Waals surface area contributed by atoms with Crippen molar-refractivity contribution in [2.24, 2.45) is 5.92 Å². The molecule has 0 atom stereocenters. The number of rotatable bonds is 9. The highest BCUT2D eigenvalue weighted by Gasteiger charge is 2.24. The maximum atomic E-state index is 13.2. The maximum absolute atomic E-state index is 13.2. The van der Waals surface area contributed by atoms with Crippen molar-refractivity contribution >= 4 is 40.1 Å². The van der Waals surface area contributed by atoms with Crippen LogP contribution in [-0.2, 0) is 16.1 Å². The number of nitrogens with one attached hydrogen (secondary N) is 1. The van der Waals surface area contributed by atoms with Gasteiger partial charge < -0.3 is 15.4 Å². The van der Waals surface area contributed by atoms with Crippen LogP contribution in [0.2, 0.25) is 0 Å². The van der Waals surface area contributed by atoms with E-state index in [0.29, 0.717) is 6.54 Å². The molecular weight excluding hydrogens is 430 g/mol. The molecule has 3 aromatic rings. The highest BCUT2D eigenvalue weighted by atomic mass is 32.2. The molecule has 1 aromatic carbocycles. The second-order valence-corrected chi connectivity index (χ2v) is 8.67. The lowest BCUT2D eigenvalue weighted by atomic mass is 10.2. The SMILES string of the molecule is COCCN(C(=O)CSc1ccnc2ccccc12)c1c(N)n(CC(C)C)c(=O)[nH]c1=O. The molecule has 0 aliphatic rings. The minimum absolute atomic E-state index is 0.0312. The number of carbonyl (C=O) groups excluding carboxylic acids is 1. The Morgan fingerprint density at radius 3 is 2.75 bits per heavy atom. The van der Waals surface area contributed by atoms with Crippen LogP contribution in [0.3, 0.4) is 0 Å². The van der Waals surface area contributed by atoms with Crippen LogP contribution >= 0.6 is 11.8 Å². The zero-order valence-corrected chi connectivity index (χ0v) is 19.1. The highest BCUT2D eigenvalue weighted by molar-refractivity contribution is 8.00. The number of carbonyl (C=O) groups is 1. The molecule has 0 radical (unpaired) electrons. The molecule has 0 aliphatic heterocycles. The van der Waals surface area contributed by atoms with Gasteiger partial charge in [0.15, 0.2) is 5.69 Å². The van der Waals surface area contributed by atoms with Gasteiger partial charge in [-0.1, -0.05) is 32.0 Å². The van der Waals surface area contributed by atoms with Gasteiger partial charge in [-0.15, -0.1) is 11.8 Å². The number of para-hydroxylation sites is 1. The number of pyridine rings is 1. The van der Waals surface area contributed by atoms with E-state index >= 15 is 0 Å². The minimum Gasteiger partial charge on any atom is -0.383 e. The molecule has 32 heavy (non-hydrogen) atoms. The van der Waals surface area contributed by atoms with E-state index in [0.717, 1.165) is 15.8 Å². The molecular formula is C22H27N5O4S. The number of amides is 1. The number of aromatic nitrogens is 3. The van der Waals surface area contributed by atoms with Gasteiger partial charge in [0.25, 0.3) is 5.56 Å². The number of ether oxygens (including phenoxy) is 1. The molecule has 0 aliphatic carbocycles. The van der Waals surface area contributed by atoms with Gasteiger partial charge in [0.2, 0.25) is 5.91 Å². The topological polar surface area (TPSA) is 123 Å². The van der Waals surface area contributed by atoms with E-state index < -0.39 is 11.2 Å². The van der Waals surface area contributed by atoms with Gasteiger partial charge in [-0.2, -0.15) is 0 Å². The van der Waals surface area contributed by atoms with Crippen LogP contribution in [0.4, 0.5) is 11.5 Å². The van der Waals surface area contributed by atoms with Crippen LogP contribution in [-0.4, -0.2) is 46.5 Å². The van der Waals surface area contributed by atoms with Crippen LogP contribution in [0.5, 0.6) is 0 Å². The third kappa shape index (κ3) is 5.20. The summed E-state index contributed by atoms with van der Waals surface area (Å²) < 4.78 is 6.42. The standard InChI is InChI=1S/C22H27N5O4S/c1-14(2)12-27-20(23)19(21(29)25-22(27)30)26(10-11-31-3)18(28)13-32-17-8-9-24-16-7-5-4-6-15(16)17/h4-9,14H,10-13,23H2,1-3H3,(H,25,29,30). The molecule has 0 saturated carbocycles. The number of nitrogens with zero attached hydrogens (tertiary/aromatic N) is 3. The van der Waals surface area contributed by atoms with E-state index in [1.54, 1.807) is 6.20 Å². The molecule has 0 fully saturated rings. The van der Waals surface area contributed by atoms with E-state index in [1.807, 2.05) is 44.2 Å². The van der Waals surface area contributed by atoms with Crippen molar-refractivity contribution in [3.63, 3.8) is 0 Å². The molecule has 0 bridgehead atoms. The van der Waals surface area contributed by atoms with Crippen LogP contribution in [0.1, 0.15) is 13.8 Å². The molecule has 2 heterocycles. The van der Waals surface area contributed by atoms with Crippen molar-refractivity contribution in [3.05, 3.63) is 57.4 Å². The van der Waals surface area contributed by atoms with E-state index in [2.05, 4.69) is 9.97 Å². The average molecular weight is 458 g/mol. The van der Waals surface area contributed by atoms with E-state index in [4.69, 9.17) is 10.5 Å². The minimum atomic E-state index is -0.698. The van der Waals surface area contributed by atoms with Crippen LogP contribution in [0.15, 0.2) is 51.0 Å². The first-order valence-corrected chi connectivity index (χ1v) is 11.2. The third-order valence-corrected chi connectivity index (χ3v) is 5.87. The van der Waals surface area contributed by atoms with Crippen LogP contribution in [0.25, 0.3) is 10.9 Å². The second-order valence-electron chi connectivity index (χ2n) is 7.65. The summed E-state index contributed by atoms with van der Waals surface area (Å²) in [7, 11) is 1.51. The Hall–Kier alpha value is -3.11. The normalized spacial score (nSPS) is 11.2. The number of thioether (sulfide) groups is 1. The van der Waals surface area contributed by atoms with Gasteiger partial charge >= 0.3 is 5.69 Å². The Morgan fingerprint density at radius 1 is 1.28 bits per heavy atom. The molecule has 10 heteroatoms. The Morgan fingerprint density at radius 2 is 2.03 bits per heavy atom. The number of methoxy groups -OCH3 is 1. The number of fused-ring (bicyclic) bond motifs is 1. The van der Waals surface area contributed by atoms with Gasteiger partial charge in [0, 0.05) is 36.7 Å². The largest absolute Gasteiger partial charge is 0.383 e. The summed E-state index contributed by atoms with van der Waals surface area (Å²) in [6.07, 6.45) is 1.70. The molecule has 3 rings (SSSR count). The predicted molar refractivity (Wildman–Crippen MR) is 127 cm³/mol. The van der Waals surface area contributed by atoms with Gasteiger partial charge in [-0.25, -0.2) is 4.79 Å². The van der Waals surface area contributed by atoms with Crippen molar-refractivity contribution < 1.29 is 9.53 Å². The van der Waals surface area contributed by atoms with E-state index in [1.165, 1.54) is 28.3 Å². The van der Waals surface area contributed by atoms with Gasteiger partial charge in [-0.05, 0) is 18.1 Å². The number of anilines is 2. The second kappa shape index (κ2) is 10.5. The lowest BCUT2D eigenvalue weighted by molar-refractivity contribution is -0.116. The van der Waals surface area contributed by atoms with Gasteiger partial charge in [-0.3, -0.25) is 24.1 Å². The predicted octanol–water partition coefficient (Wildman–Crippen LogP) is 2.09. The lowest BCUT2D eigenvalue weighted by Gasteiger charge is -2.24. The van der Waals surface area contributed by atoms with Gasteiger partial charge in [0.1, 0.15) is 5.82 Å². The highest BCUT2D eigenvalue weighted by Crippen LogP contribution is 2.27. The zero-order valence-electron chi connectivity index (χ0n) is 18.3. The first kappa shape index (κ1) is 23.6. The van der Waals surface area contributed by atoms with Gasteiger partial charge in [0.05, 0.1) is 17.9 Å². The number of aromatic amines is 1. The summed E-state index contributed by atoms with van der Waals surface area (Å²) >= 11 is 1.35. The fourth-order valence-electron chi connectivity index (χ4n) is 3.34. The third-order valence-electron chi connectivity index (χ3n) is 4.81. The fourth-order valence-corrected chi connectivity index (χ4v) is 4.26. The molecule has 1 amide bonds. The van der Waals surface area contributed by atoms with Crippen molar-refractivity contribution in [1.82, 2.24) is 14.5 Å². The maximum Gasteiger partial charge on any atom is 0.330 e. The van der Waals surface area contributed by atoms with Crippen molar-refractivity contribution in [2.75, 3.05) is 36.6 Å². The van der Waals surface area contributed by atoms with Crippen molar-refractivity contribution in [1.29, 1.82) is 0 Å². The summed E-state index contributed by atoms with van der Waals surface area (Å²) in [4.78, 5) is 47.0. The summed E-state index contributed by atoms with van der Waals surface area (Å²) in [5, 5.41) is 0.944. The number of nitrogen functional groups attached to an aromatic ring is 1. The van der Waals surface area contributed by atoms with Crippen LogP contribution < -0.4 is 21.9 Å². The van der Waals surface area contributed by atoms with Crippen LogP contribution in [0, 0.1) is 5.92 Å². The Labute approximate surface area is 189 Å². The zero-order chi connectivity index (χ0) is 23.3. The smallest absolute Gasteiger partial charge is 0.330 e. The van der Waals surface area contributed by atoms with Crippen molar-refractivity contribution in [2.45, 2.75) is 25.3 Å². The molecule has 2 aromatic heterocycles. The Balaban J connectivity index is 1.93. The summed E-state index contributed by atoms with van der Waals surface area (Å²) in [5.41, 5.74) is 5.73.